The second-order valence-electron chi connectivity index (χ2n) is 9.35. The number of ether oxygens (including phenoxy) is 1. The van der Waals surface area contributed by atoms with Crippen molar-refractivity contribution in [3.8, 4) is 0 Å². The van der Waals surface area contributed by atoms with Crippen LogP contribution >= 0.6 is 11.6 Å². The van der Waals surface area contributed by atoms with Gasteiger partial charge in [0.1, 0.15) is 0 Å². The summed E-state index contributed by atoms with van der Waals surface area (Å²) >= 11 is 6.22. The molecule has 1 saturated carbocycles. The Kier molecular flexibility index (Phi) is 7.60. The number of halogens is 1. The summed E-state index contributed by atoms with van der Waals surface area (Å²) in [4.78, 5) is 36.8. The van der Waals surface area contributed by atoms with Gasteiger partial charge in [0.25, 0.3) is 0 Å². The first kappa shape index (κ1) is 24.7. The van der Waals surface area contributed by atoms with Crippen molar-refractivity contribution in [2.75, 3.05) is 6.54 Å². The second-order valence-corrected chi connectivity index (χ2v) is 12.1. The predicted molar refractivity (Wildman–Crippen MR) is 134 cm³/mol. The van der Waals surface area contributed by atoms with Crippen LogP contribution in [0.1, 0.15) is 63.0 Å². The minimum atomic E-state index is -0.711. The van der Waals surface area contributed by atoms with Gasteiger partial charge in [0, 0.05) is 0 Å². The zero-order chi connectivity index (χ0) is 24.3. The van der Waals surface area contributed by atoms with E-state index in [-0.39, 0.29) is 38.7 Å². The van der Waals surface area contributed by atoms with Crippen molar-refractivity contribution in [3.05, 3.63) is 53.6 Å². The number of fused-ring (bicyclic) bond motifs is 1. The number of nitrogens with zero attached hydrogens (tertiary/aromatic N) is 4. The molecule has 0 radical (unpaired) electrons. The molecule has 2 heterocycles. The second kappa shape index (κ2) is 10.5. The van der Waals surface area contributed by atoms with E-state index in [0.29, 0.717) is 16.7 Å². The van der Waals surface area contributed by atoms with Gasteiger partial charge in [-0.1, -0.05) is 0 Å². The fraction of sp³-hybridized carbons (Fsp3) is 0.440. The van der Waals surface area contributed by atoms with Gasteiger partial charge in [-0.15, -0.1) is 0 Å². The van der Waals surface area contributed by atoms with Crippen LogP contribution in [0.4, 0.5) is 4.79 Å². The zero-order valence-electron chi connectivity index (χ0n) is 19.7. The number of hydrogen-bond donors (Lipinski definition) is 0. The van der Waals surface area contributed by atoms with Crippen LogP contribution in [0.3, 0.4) is 0 Å². The third-order valence-electron chi connectivity index (χ3n) is 5.64. The molecule has 0 bridgehead atoms. The molecule has 4 rings (SSSR count). The molecule has 2 amide bonds. The zero-order valence-corrected chi connectivity index (χ0v) is 22.1. The molecular formula is C25H29ClN4O3Se. The topological polar surface area (TPSA) is 77.3 Å². The molecule has 180 valence electrons. The number of benzene rings is 1. The Balaban J connectivity index is 1.67. The van der Waals surface area contributed by atoms with Crippen LogP contribution in [0.25, 0.3) is 11.0 Å². The first-order valence-electron chi connectivity index (χ1n) is 11.5. The fourth-order valence-electron chi connectivity index (χ4n) is 4.19. The van der Waals surface area contributed by atoms with Crippen molar-refractivity contribution in [1.29, 1.82) is 0 Å². The quantitative estimate of drug-likeness (QED) is 0.320. The fourth-order valence-corrected chi connectivity index (χ4v) is 6.12. The van der Waals surface area contributed by atoms with Crippen LogP contribution in [0.15, 0.2) is 42.6 Å². The summed E-state index contributed by atoms with van der Waals surface area (Å²) in [5, 5.41) is 1.56. The maximum absolute atomic E-state index is 13.9. The number of carbonyl (C=O) groups is 2. The van der Waals surface area contributed by atoms with Gasteiger partial charge in [0.05, 0.1) is 0 Å². The first-order valence-corrected chi connectivity index (χ1v) is 13.9. The summed E-state index contributed by atoms with van der Waals surface area (Å²) in [6.45, 7) is 5.68. The summed E-state index contributed by atoms with van der Waals surface area (Å²) in [6, 6.07) is 12.0. The van der Waals surface area contributed by atoms with Crippen LogP contribution < -0.4 is 4.46 Å². The van der Waals surface area contributed by atoms with E-state index >= 15 is 0 Å². The Labute approximate surface area is 211 Å². The van der Waals surface area contributed by atoms with E-state index in [9.17, 15) is 9.59 Å². The monoisotopic (exact) mass is 548 g/mol. The predicted octanol–water partition coefficient (Wildman–Crippen LogP) is 5.03. The molecule has 1 fully saturated rings. The van der Waals surface area contributed by atoms with Gasteiger partial charge in [-0.25, -0.2) is 0 Å². The summed E-state index contributed by atoms with van der Waals surface area (Å²) in [6.07, 6.45) is 5.08. The third kappa shape index (κ3) is 5.80. The van der Waals surface area contributed by atoms with Crippen molar-refractivity contribution >= 4 is 54.1 Å². The van der Waals surface area contributed by atoms with Crippen LogP contribution in [-0.4, -0.2) is 58.5 Å². The number of amides is 2. The standard InChI is InChI=1S/C25H29ClN4O3Se/c1-25(2,3)33-24(32)29(13-14-34-19-11-5-4-6-12-19)22(31)20-15-17-16-27-23(26)28-21(17)30(20)18-9-7-8-10-18/h4-6,11-12,15-16,18H,7-10,13-14H2,1-3H3. The number of rotatable bonds is 6. The SMILES string of the molecule is CC(C)(C)OC(=O)N(CC[Se]c1ccccc1)C(=O)c1cc2cnc(Cl)nc2n1C1CCCC1. The molecule has 0 spiro atoms. The Morgan fingerprint density at radius 2 is 1.91 bits per heavy atom. The van der Waals surface area contributed by atoms with Crippen LogP contribution in [0, 0.1) is 0 Å². The van der Waals surface area contributed by atoms with Gasteiger partial charge in [0.2, 0.25) is 0 Å². The molecule has 7 nitrogen and oxygen atoms in total. The van der Waals surface area contributed by atoms with E-state index in [1.54, 1.807) is 33.0 Å². The molecule has 0 atom stereocenters. The normalized spacial score (nSPS) is 14.5. The van der Waals surface area contributed by atoms with Crippen molar-refractivity contribution < 1.29 is 14.3 Å². The molecular weight excluding hydrogens is 519 g/mol. The summed E-state index contributed by atoms with van der Waals surface area (Å²) in [5.74, 6) is -0.376. The Morgan fingerprint density at radius 3 is 2.59 bits per heavy atom. The summed E-state index contributed by atoms with van der Waals surface area (Å²) in [7, 11) is 0. The van der Waals surface area contributed by atoms with E-state index in [1.807, 2.05) is 22.8 Å². The minimum absolute atomic E-state index is 0.124. The van der Waals surface area contributed by atoms with Crippen LogP contribution in [0.2, 0.25) is 10.6 Å². The maximum atomic E-state index is 13.9. The van der Waals surface area contributed by atoms with E-state index < -0.39 is 11.7 Å². The van der Waals surface area contributed by atoms with Crippen molar-refractivity contribution in [1.82, 2.24) is 19.4 Å². The molecule has 0 N–H and O–H groups in total. The molecule has 34 heavy (non-hydrogen) atoms. The van der Waals surface area contributed by atoms with Crippen molar-refractivity contribution in [3.63, 3.8) is 0 Å². The average molecular weight is 548 g/mol. The van der Waals surface area contributed by atoms with Crippen LogP contribution in [0.5, 0.6) is 0 Å². The number of carbonyl (C=O) groups excluding carboxylic acids is 2. The molecule has 0 unspecified atom stereocenters. The van der Waals surface area contributed by atoms with Crippen molar-refractivity contribution in [2.24, 2.45) is 0 Å². The molecule has 0 aliphatic heterocycles. The van der Waals surface area contributed by atoms with E-state index in [0.717, 1.165) is 31.1 Å². The third-order valence-corrected chi connectivity index (χ3v) is 7.91. The van der Waals surface area contributed by atoms with Gasteiger partial charge in [-0.05, 0) is 0 Å². The first-order chi connectivity index (χ1) is 16.2. The molecule has 1 aliphatic carbocycles. The number of aromatic nitrogens is 3. The summed E-state index contributed by atoms with van der Waals surface area (Å²) < 4.78 is 8.79. The van der Waals surface area contributed by atoms with Gasteiger partial charge in [-0.2, -0.15) is 0 Å². The van der Waals surface area contributed by atoms with Gasteiger partial charge in [-0.3, -0.25) is 0 Å². The Morgan fingerprint density at radius 1 is 1.21 bits per heavy atom. The molecule has 1 aromatic carbocycles. The molecule has 0 saturated heterocycles. The number of hydrogen-bond acceptors (Lipinski definition) is 5. The van der Waals surface area contributed by atoms with E-state index in [2.05, 4.69) is 22.1 Å². The molecule has 2 aromatic heterocycles. The number of imide groups is 1. The van der Waals surface area contributed by atoms with Gasteiger partial charge < -0.3 is 0 Å². The van der Waals surface area contributed by atoms with Crippen LogP contribution in [-0.2, 0) is 4.74 Å². The Bertz CT molecular complexity index is 1170. The average Bonchev–Trinajstić information content (AvgIpc) is 3.43. The van der Waals surface area contributed by atoms with E-state index in [1.165, 1.54) is 9.36 Å². The van der Waals surface area contributed by atoms with Gasteiger partial charge >= 0.3 is 211 Å². The Hall–Kier alpha value is -2.41. The van der Waals surface area contributed by atoms with Crippen molar-refractivity contribution in [2.45, 2.75) is 63.4 Å². The summed E-state index contributed by atoms with van der Waals surface area (Å²) in [5.41, 5.74) is 0.349. The van der Waals surface area contributed by atoms with E-state index in [4.69, 9.17) is 16.3 Å². The molecule has 3 aromatic rings. The molecule has 9 heteroatoms. The molecule has 1 aliphatic rings. The van der Waals surface area contributed by atoms with Gasteiger partial charge in [0.15, 0.2) is 0 Å².